The molecule has 0 saturated carbocycles. The van der Waals surface area contributed by atoms with Crippen LogP contribution in [0.15, 0.2) is 53.4 Å². The number of halogens is 1. The molecule has 1 aromatic heterocycles. The Morgan fingerprint density at radius 2 is 2.19 bits per heavy atom. The molecule has 1 atom stereocenters. The fourth-order valence-electron chi connectivity index (χ4n) is 1.80. The highest BCUT2D eigenvalue weighted by Crippen LogP contribution is 2.17. The maximum atomic E-state index is 11.7. The molecule has 0 aliphatic rings. The Balaban J connectivity index is 1.76. The minimum atomic E-state index is -0.642. The van der Waals surface area contributed by atoms with Gasteiger partial charge in [-0.25, -0.2) is 0 Å². The minimum absolute atomic E-state index is 0.227. The van der Waals surface area contributed by atoms with Crippen molar-refractivity contribution in [2.75, 3.05) is 6.54 Å². The monoisotopic (exact) mass is 305 g/mol. The van der Waals surface area contributed by atoms with Crippen molar-refractivity contribution in [3.8, 4) is 0 Å². The second-order valence-corrected chi connectivity index (χ2v) is 4.91. The number of aliphatic hydroxyl groups excluding tert-OH is 1. The summed E-state index contributed by atoms with van der Waals surface area (Å²) in [5.74, 6) is -0.227. The largest absolute Gasteiger partial charge is 0.472 e. The molecular formula is C16H16ClNO3. The van der Waals surface area contributed by atoms with E-state index in [0.29, 0.717) is 23.6 Å². The van der Waals surface area contributed by atoms with Gasteiger partial charge in [0.25, 0.3) is 0 Å². The summed E-state index contributed by atoms with van der Waals surface area (Å²) in [6.07, 6.45) is 5.85. The van der Waals surface area contributed by atoms with E-state index in [1.54, 1.807) is 18.2 Å². The van der Waals surface area contributed by atoms with Gasteiger partial charge in [0.1, 0.15) is 0 Å². The Bertz CT molecular complexity index is 608. The molecule has 0 unspecified atom stereocenters. The van der Waals surface area contributed by atoms with Crippen molar-refractivity contribution >= 4 is 23.6 Å². The SMILES string of the molecule is O=C(/C=C/c1ccccc1Cl)NCC[C@H](O)c1ccoc1. The van der Waals surface area contributed by atoms with Crippen LogP contribution in [0, 0.1) is 0 Å². The van der Waals surface area contributed by atoms with Crippen molar-refractivity contribution in [3.63, 3.8) is 0 Å². The van der Waals surface area contributed by atoms with Gasteiger partial charge in [-0.2, -0.15) is 0 Å². The van der Waals surface area contributed by atoms with Gasteiger partial charge in [0, 0.05) is 23.2 Å². The van der Waals surface area contributed by atoms with E-state index in [-0.39, 0.29) is 5.91 Å². The van der Waals surface area contributed by atoms with Crippen LogP contribution < -0.4 is 5.32 Å². The predicted octanol–water partition coefficient (Wildman–Crippen LogP) is 3.19. The molecule has 2 rings (SSSR count). The molecule has 1 heterocycles. The van der Waals surface area contributed by atoms with Gasteiger partial charge in [-0.3, -0.25) is 4.79 Å². The predicted molar refractivity (Wildman–Crippen MR) is 81.8 cm³/mol. The molecule has 1 amide bonds. The number of carbonyl (C=O) groups excluding carboxylic acids is 1. The average Bonchev–Trinajstić information content (AvgIpc) is 3.00. The van der Waals surface area contributed by atoms with Crippen molar-refractivity contribution < 1.29 is 14.3 Å². The summed E-state index contributed by atoms with van der Waals surface area (Å²) in [5.41, 5.74) is 1.49. The first kappa shape index (κ1) is 15.4. The number of rotatable bonds is 6. The second-order valence-electron chi connectivity index (χ2n) is 4.51. The summed E-state index contributed by atoms with van der Waals surface area (Å²) < 4.78 is 4.89. The van der Waals surface area contributed by atoms with Gasteiger partial charge in [0.15, 0.2) is 0 Å². The molecule has 0 spiro atoms. The van der Waals surface area contributed by atoms with E-state index in [9.17, 15) is 9.90 Å². The Morgan fingerprint density at radius 1 is 1.38 bits per heavy atom. The van der Waals surface area contributed by atoms with Crippen LogP contribution in [0.25, 0.3) is 6.08 Å². The van der Waals surface area contributed by atoms with Crippen molar-refractivity contribution in [1.29, 1.82) is 0 Å². The van der Waals surface area contributed by atoms with Crippen LogP contribution in [0.3, 0.4) is 0 Å². The summed E-state index contributed by atoms with van der Waals surface area (Å²) in [6.45, 7) is 0.373. The standard InChI is InChI=1S/C16H16ClNO3/c17-14-4-2-1-3-12(14)5-6-16(20)18-9-7-15(19)13-8-10-21-11-13/h1-6,8,10-11,15,19H,7,9H2,(H,18,20)/b6-5+/t15-/m0/s1. The van der Waals surface area contributed by atoms with Gasteiger partial charge in [-0.15, -0.1) is 0 Å². The highest BCUT2D eigenvalue weighted by Gasteiger charge is 2.08. The lowest BCUT2D eigenvalue weighted by Crippen LogP contribution is -2.23. The first-order valence-electron chi connectivity index (χ1n) is 6.57. The molecule has 0 fully saturated rings. The third-order valence-corrected chi connectivity index (χ3v) is 3.31. The van der Waals surface area contributed by atoms with Crippen molar-refractivity contribution in [3.05, 3.63) is 65.1 Å². The third kappa shape index (κ3) is 4.77. The topological polar surface area (TPSA) is 62.5 Å². The highest BCUT2D eigenvalue weighted by atomic mass is 35.5. The summed E-state index contributed by atoms with van der Waals surface area (Å²) in [6, 6.07) is 8.97. The Morgan fingerprint density at radius 3 is 2.90 bits per heavy atom. The molecule has 1 aromatic carbocycles. The van der Waals surface area contributed by atoms with E-state index in [1.807, 2.05) is 18.2 Å². The van der Waals surface area contributed by atoms with Crippen LogP contribution in [0.2, 0.25) is 5.02 Å². The number of amides is 1. The Kier molecular flexibility index (Phi) is 5.60. The maximum Gasteiger partial charge on any atom is 0.244 e. The molecule has 2 aromatic rings. The first-order chi connectivity index (χ1) is 10.2. The summed E-state index contributed by atoms with van der Waals surface area (Å²) >= 11 is 5.99. The van der Waals surface area contributed by atoms with Crippen LogP contribution in [0.5, 0.6) is 0 Å². The molecule has 2 N–H and O–H groups in total. The minimum Gasteiger partial charge on any atom is -0.472 e. The molecule has 4 nitrogen and oxygen atoms in total. The van der Waals surface area contributed by atoms with Gasteiger partial charge in [-0.1, -0.05) is 29.8 Å². The Labute approximate surface area is 128 Å². The van der Waals surface area contributed by atoms with E-state index < -0.39 is 6.10 Å². The highest BCUT2D eigenvalue weighted by molar-refractivity contribution is 6.32. The van der Waals surface area contributed by atoms with Crippen molar-refractivity contribution in [1.82, 2.24) is 5.32 Å². The van der Waals surface area contributed by atoms with Gasteiger partial charge in [-0.05, 0) is 30.2 Å². The van der Waals surface area contributed by atoms with E-state index >= 15 is 0 Å². The average molecular weight is 306 g/mol. The molecule has 0 aliphatic carbocycles. The lowest BCUT2D eigenvalue weighted by Gasteiger charge is -2.08. The van der Waals surface area contributed by atoms with Gasteiger partial charge >= 0.3 is 0 Å². The normalized spacial score (nSPS) is 12.5. The van der Waals surface area contributed by atoms with E-state index in [2.05, 4.69) is 5.32 Å². The number of hydrogen-bond donors (Lipinski definition) is 2. The summed E-state index contributed by atoms with van der Waals surface area (Å²) in [4.78, 5) is 11.7. The smallest absolute Gasteiger partial charge is 0.244 e. The fourth-order valence-corrected chi connectivity index (χ4v) is 2.00. The van der Waals surface area contributed by atoms with E-state index in [0.717, 1.165) is 5.56 Å². The molecule has 21 heavy (non-hydrogen) atoms. The fraction of sp³-hybridized carbons (Fsp3) is 0.188. The first-order valence-corrected chi connectivity index (χ1v) is 6.95. The van der Waals surface area contributed by atoms with Gasteiger partial charge in [0.2, 0.25) is 5.91 Å². The molecule has 0 radical (unpaired) electrons. The molecule has 5 heteroatoms. The summed E-state index contributed by atoms with van der Waals surface area (Å²) in [7, 11) is 0. The molecular weight excluding hydrogens is 290 g/mol. The van der Waals surface area contributed by atoms with Crippen LogP contribution in [-0.4, -0.2) is 17.6 Å². The zero-order chi connectivity index (χ0) is 15.1. The number of furan rings is 1. The molecule has 0 saturated heterocycles. The number of benzene rings is 1. The number of carbonyl (C=O) groups is 1. The van der Waals surface area contributed by atoms with Crippen molar-refractivity contribution in [2.45, 2.75) is 12.5 Å². The zero-order valence-corrected chi connectivity index (χ0v) is 12.1. The number of hydrogen-bond acceptors (Lipinski definition) is 3. The van der Waals surface area contributed by atoms with E-state index in [4.69, 9.17) is 16.0 Å². The quantitative estimate of drug-likeness (QED) is 0.806. The number of nitrogens with one attached hydrogen (secondary N) is 1. The van der Waals surface area contributed by atoms with Gasteiger partial charge < -0.3 is 14.8 Å². The molecule has 0 bridgehead atoms. The molecule has 0 aliphatic heterocycles. The van der Waals surface area contributed by atoms with E-state index in [1.165, 1.54) is 18.6 Å². The second kappa shape index (κ2) is 7.67. The Hall–Kier alpha value is -2.04. The van der Waals surface area contributed by atoms with Gasteiger partial charge in [0.05, 0.1) is 18.6 Å². The van der Waals surface area contributed by atoms with Crippen LogP contribution in [0.4, 0.5) is 0 Å². The van der Waals surface area contributed by atoms with Crippen LogP contribution in [-0.2, 0) is 4.79 Å². The lowest BCUT2D eigenvalue weighted by molar-refractivity contribution is -0.116. The molecule has 110 valence electrons. The van der Waals surface area contributed by atoms with Crippen LogP contribution in [0.1, 0.15) is 23.7 Å². The number of aliphatic hydroxyl groups is 1. The van der Waals surface area contributed by atoms with Crippen molar-refractivity contribution in [2.24, 2.45) is 0 Å². The third-order valence-electron chi connectivity index (χ3n) is 2.96. The zero-order valence-electron chi connectivity index (χ0n) is 11.3. The van der Waals surface area contributed by atoms with Crippen LogP contribution >= 0.6 is 11.6 Å². The lowest BCUT2D eigenvalue weighted by atomic mass is 10.1. The summed E-state index contributed by atoms with van der Waals surface area (Å²) in [5, 5.41) is 13.1. The maximum absolute atomic E-state index is 11.7.